The van der Waals surface area contributed by atoms with Gasteiger partial charge in [0.2, 0.25) is 0 Å². The van der Waals surface area contributed by atoms with E-state index in [1.165, 1.54) is 26.4 Å². The highest BCUT2D eigenvalue weighted by atomic mass is 32.2. The van der Waals surface area contributed by atoms with Crippen LogP contribution in [-0.4, -0.2) is 71.2 Å². The van der Waals surface area contributed by atoms with Crippen LogP contribution in [0.4, 0.5) is 34.1 Å². The monoisotopic (exact) mass is 873 g/mol. The molecular weight excluding hydrogens is 847 g/mol. The maximum Gasteiger partial charge on any atom is 0.296 e. The van der Waals surface area contributed by atoms with Crippen LogP contribution in [0, 0.1) is 0 Å². The largest absolute Gasteiger partial charge is 0.505 e. The fourth-order valence-electron chi connectivity index (χ4n) is 5.61. The number of phenolic OH excluding ortho intramolecular Hbond substituents is 1. The second kappa shape index (κ2) is 15.3. The third kappa shape index (κ3) is 8.72. The van der Waals surface area contributed by atoms with Gasteiger partial charge >= 0.3 is 0 Å². The Morgan fingerprint density at radius 1 is 0.500 bits per heavy atom. The Kier molecular flexibility index (Phi) is 11.0. The van der Waals surface area contributed by atoms with Crippen LogP contribution in [0.1, 0.15) is 0 Å². The summed E-state index contributed by atoms with van der Waals surface area (Å²) >= 11 is 0. The standard InChI is InChI=1S/C34H27N5O15S4/c1-53-28-17-26(37-39-33-32(58(50,51)52)13-18-10-21(8-9-23(18)34(33)40)35-20-6-4-3-5-7-20)29(54-2)16-25(28)36-38-27-15-24-19(12-31(27)57(47,48)49)11-22(55(41,42)43)14-30(24)56(44,45)46/h3-17,35,40H,1-2H3,(H,41,42,43)(H,44,45,46)(H,47,48,49)(H,50,51,52)/b38-36?,39-37+. The molecule has 0 saturated carbocycles. The SMILES string of the molecule is COc1cc(/N=N/c2c(S(=O)(=O)O)cc3cc(Nc4ccccc4)ccc3c2O)c(OC)cc1N=Nc1cc2c(S(=O)(=O)O)cc(S(=O)(=O)O)cc2cc1S(=O)(=O)O. The number of methoxy groups -OCH3 is 2. The predicted molar refractivity (Wildman–Crippen MR) is 206 cm³/mol. The summed E-state index contributed by atoms with van der Waals surface area (Å²) < 4.78 is 148. The third-order valence-corrected chi connectivity index (χ3v) is 11.7. The van der Waals surface area contributed by atoms with E-state index in [1.54, 1.807) is 36.4 Å². The van der Waals surface area contributed by atoms with Gasteiger partial charge in [0.1, 0.15) is 48.9 Å². The van der Waals surface area contributed by atoms with Crippen molar-refractivity contribution in [2.45, 2.75) is 19.6 Å². The number of azo groups is 2. The van der Waals surface area contributed by atoms with Crippen LogP contribution in [0.5, 0.6) is 17.2 Å². The first-order valence-electron chi connectivity index (χ1n) is 15.8. The number of ether oxygens (including phenoxy) is 2. The van der Waals surface area contributed by atoms with Crippen molar-refractivity contribution in [2.75, 3.05) is 19.5 Å². The van der Waals surface area contributed by atoms with Gasteiger partial charge in [-0.1, -0.05) is 18.2 Å². The summed E-state index contributed by atoms with van der Waals surface area (Å²) in [6.07, 6.45) is 0. The Labute approximate surface area is 329 Å². The number of phenols is 1. The summed E-state index contributed by atoms with van der Waals surface area (Å²) in [5, 5.41) is 29.4. The molecule has 302 valence electrons. The zero-order valence-electron chi connectivity index (χ0n) is 29.4. The van der Waals surface area contributed by atoms with Crippen LogP contribution in [0.15, 0.2) is 131 Å². The van der Waals surface area contributed by atoms with Crippen LogP contribution < -0.4 is 14.8 Å². The molecule has 0 unspecified atom stereocenters. The van der Waals surface area contributed by atoms with Gasteiger partial charge in [-0.3, -0.25) is 18.2 Å². The first kappa shape index (κ1) is 41.5. The lowest BCUT2D eigenvalue weighted by Crippen LogP contribution is -2.05. The minimum Gasteiger partial charge on any atom is -0.505 e. The lowest BCUT2D eigenvalue weighted by molar-refractivity contribution is 0.405. The molecule has 0 amide bonds. The lowest BCUT2D eigenvalue weighted by atomic mass is 10.1. The lowest BCUT2D eigenvalue weighted by Gasteiger charge is -2.12. The van der Waals surface area contributed by atoms with Gasteiger partial charge in [-0.05, 0) is 71.4 Å². The van der Waals surface area contributed by atoms with Crippen molar-refractivity contribution in [1.82, 2.24) is 0 Å². The average Bonchev–Trinajstić information content (AvgIpc) is 3.14. The molecule has 0 aliphatic rings. The minimum atomic E-state index is -5.21. The first-order valence-corrected chi connectivity index (χ1v) is 21.6. The normalized spacial score (nSPS) is 12.8. The second-order valence-electron chi connectivity index (χ2n) is 12.0. The van der Waals surface area contributed by atoms with Gasteiger partial charge in [-0.15, -0.1) is 20.5 Å². The molecular formula is C34H27N5O15S4. The first-order chi connectivity index (χ1) is 27.1. The van der Waals surface area contributed by atoms with E-state index < -0.39 is 88.0 Å². The number of hydrogen-bond donors (Lipinski definition) is 6. The van der Waals surface area contributed by atoms with Crippen molar-refractivity contribution in [3.05, 3.63) is 91.0 Å². The summed E-state index contributed by atoms with van der Waals surface area (Å²) in [6, 6.07) is 19.6. The number of fused-ring (bicyclic) bond motifs is 2. The van der Waals surface area contributed by atoms with E-state index in [9.17, 15) is 57.0 Å². The van der Waals surface area contributed by atoms with E-state index in [0.29, 0.717) is 23.9 Å². The number of para-hydroxylation sites is 1. The highest BCUT2D eigenvalue weighted by molar-refractivity contribution is 7.87. The molecule has 58 heavy (non-hydrogen) atoms. The zero-order valence-corrected chi connectivity index (χ0v) is 32.7. The highest BCUT2D eigenvalue weighted by Gasteiger charge is 2.26. The van der Waals surface area contributed by atoms with Gasteiger partial charge in [0.15, 0.2) is 5.75 Å². The molecule has 6 aromatic rings. The van der Waals surface area contributed by atoms with Gasteiger partial charge in [-0.2, -0.15) is 33.7 Å². The van der Waals surface area contributed by atoms with Gasteiger partial charge < -0.3 is 19.9 Å². The number of aromatic hydroxyl groups is 1. The minimum absolute atomic E-state index is 0.135. The summed E-state index contributed by atoms with van der Waals surface area (Å²) in [7, 11) is -18.1. The number of rotatable bonds is 12. The molecule has 6 aromatic carbocycles. The molecule has 0 radical (unpaired) electrons. The molecule has 6 rings (SSSR count). The molecule has 24 heteroatoms. The van der Waals surface area contributed by atoms with Crippen molar-refractivity contribution in [1.29, 1.82) is 0 Å². The number of benzene rings is 6. The van der Waals surface area contributed by atoms with Crippen molar-refractivity contribution >= 4 is 96.1 Å². The molecule has 0 saturated heterocycles. The van der Waals surface area contributed by atoms with E-state index in [-0.39, 0.29) is 33.6 Å². The quantitative estimate of drug-likeness (QED) is 0.0520. The Balaban J connectivity index is 1.44. The Hall–Kier alpha value is -6.12. The topological polar surface area (TPSA) is 318 Å². The van der Waals surface area contributed by atoms with Crippen LogP contribution in [0.3, 0.4) is 0 Å². The van der Waals surface area contributed by atoms with Crippen molar-refractivity contribution < 1.29 is 66.5 Å². The predicted octanol–water partition coefficient (Wildman–Crippen LogP) is 7.28. The average molecular weight is 874 g/mol. The van der Waals surface area contributed by atoms with E-state index in [4.69, 9.17) is 9.47 Å². The molecule has 6 N–H and O–H groups in total. The van der Waals surface area contributed by atoms with Gasteiger partial charge in [0.25, 0.3) is 40.5 Å². The maximum atomic E-state index is 12.5. The summed E-state index contributed by atoms with van der Waals surface area (Å²) in [5.41, 5.74) is -0.438. The van der Waals surface area contributed by atoms with E-state index in [1.807, 2.05) is 6.07 Å². The Bertz CT molecular complexity index is 3180. The van der Waals surface area contributed by atoms with Crippen LogP contribution in [0.25, 0.3) is 21.5 Å². The molecule has 0 aliphatic carbocycles. The van der Waals surface area contributed by atoms with Crippen LogP contribution >= 0.6 is 0 Å². The van der Waals surface area contributed by atoms with Gasteiger partial charge in [-0.25, -0.2) is 0 Å². The molecule has 0 heterocycles. The Morgan fingerprint density at radius 2 is 1.03 bits per heavy atom. The fraction of sp³-hybridized carbons (Fsp3) is 0.0588. The number of nitrogens with one attached hydrogen (secondary N) is 1. The molecule has 20 nitrogen and oxygen atoms in total. The van der Waals surface area contributed by atoms with Crippen molar-refractivity contribution in [2.24, 2.45) is 20.5 Å². The molecule has 0 bridgehead atoms. The maximum absolute atomic E-state index is 12.5. The van der Waals surface area contributed by atoms with E-state index in [0.717, 1.165) is 23.9 Å². The number of nitrogens with zero attached hydrogens (tertiary/aromatic N) is 4. The number of hydrogen-bond acceptors (Lipinski definition) is 16. The summed E-state index contributed by atoms with van der Waals surface area (Å²) in [4.78, 5) is -3.87. The molecule has 0 aromatic heterocycles. The summed E-state index contributed by atoms with van der Waals surface area (Å²) in [6.45, 7) is 0. The smallest absolute Gasteiger partial charge is 0.296 e. The second-order valence-corrected chi connectivity index (χ2v) is 17.5. The van der Waals surface area contributed by atoms with Gasteiger partial charge in [0, 0.05) is 34.3 Å². The highest BCUT2D eigenvalue weighted by Crippen LogP contribution is 2.45. The zero-order chi connectivity index (χ0) is 42.4. The third-order valence-electron chi connectivity index (χ3n) is 8.22. The van der Waals surface area contributed by atoms with Crippen molar-refractivity contribution in [3.8, 4) is 17.2 Å². The molecule has 0 atom stereocenters. The van der Waals surface area contributed by atoms with Gasteiger partial charge in [0.05, 0.1) is 19.1 Å². The molecule has 0 spiro atoms. The van der Waals surface area contributed by atoms with Crippen molar-refractivity contribution in [3.63, 3.8) is 0 Å². The van der Waals surface area contributed by atoms with E-state index >= 15 is 0 Å². The summed E-state index contributed by atoms with van der Waals surface area (Å²) in [5.74, 6) is -0.933. The van der Waals surface area contributed by atoms with Crippen LogP contribution in [0.2, 0.25) is 0 Å². The molecule has 0 fully saturated rings. The molecule has 0 aliphatic heterocycles. The fourth-order valence-corrected chi connectivity index (χ4v) is 8.26. The van der Waals surface area contributed by atoms with E-state index in [2.05, 4.69) is 25.8 Å². The van der Waals surface area contributed by atoms with Crippen LogP contribution in [-0.2, 0) is 40.5 Å². The Morgan fingerprint density at radius 3 is 1.59 bits per heavy atom. The number of anilines is 2.